The molecule has 3 rings (SSSR count). The van der Waals surface area contributed by atoms with Gasteiger partial charge in [-0.3, -0.25) is 5.32 Å². The van der Waals surface area contributed by atoms with E-state index in [4.69, 9.17) is 10.8 Å². The van der Waals surface area contributed by atoms with Gasteiger partial charge < -0.3 is 15.7 Å². The Morgan fingerprint density at radius 2 is 2.19 bits per heavy atom. The molecule has 1 aromatic heterocycles. The van der Waals surface area contributed by atoms with E-state index in [0.29, 0.717) is 23.5 Å². The minimum Gasteiger partial charge on any atom is -0.465 e. The third-order valence-electron chi connectivity index (χ3n) is 4.00. The van der Waals surface area contributed by atoms with Gasteiger partial charge in [0.25, 0.3) is 0 Å². The Balaban J connectivity index is 1.83. The van der Waals surface area contributed by atoms with Crippen LogP contribution < -0.4 is 16.0 Å². The number of nitrogens with one attached hydrogen (secondary N) is 1. The summed E-state index contributed by atoms with van der Waals surface area (Å²) < 4.78 is 29.2. The van der Waals surface area contributed by atoms with Crippen molar-refractivity contribution in [2.45, 2.75) is 11.4 Å². The van der Waals surface area contributed by atoms with Gasteiger partial charge in [-0.15, -0.1) is 0 Å². The van der Waals surface area contributed by atoms with Gasteiger partial charge in [-0.2, -0.15) is 0 Å². The number of pyridine rings is 1. The van der Waals surface area contributed by atoms with Crippen LogP contribution in [0.15, 0.2) is 35.5 Å². The molecule has 0 unspecified atom stereocenters. The Morgan fingerprint density at radius 1 is 1.44 bits per heavy atom. The van der Waals surface area contributed by atoms with Crippen LogP contribution in [0.25, 0.3) is 11.1 Å². The monoisotopic (exact) mass is 439 g/mol. The summed E-state index contributed by atoms with van der Waals surface area (Å²) in [5, 5.41) is 10.4. The number of nitrogens with two attached hydrogens (primary N) is 1. The number of amides is 1. The largest absolute Gasteiger partial charge is 0.465 e. The number of benzene rings is 1. The molecular weight excluding hydrogens is 424 g/mol. The summed E-state index contributed by atoms with van der Waals surface area (Å²) in [7, 11) is 0. The van der Waals surface area contributed by atoms with Crippen molar-refractivity contribution < 1.29 is 18.7 Å². The highest BCUT2D eigenvalue weighted by Gasteiger charge is 2.27. The maximum absolute atomic E-state index is 14.8. The molecule has 1 aromatic carbocycles. The van der Waals surface area contributed by atoms with Crippen molar-refractivity contribution in [1.29, 1.82) is 0 Å². The van der Waals surface area contributed by atoms with Gasteiger partial charge in [0.15, 0.2) is 17.6 Å². The van der Waals surface area contributed by atoms with E-state index in [9.17, 15) is 13.6 Å². The molecule has 1 amide bonds. The van der Waals surface area contributed by atoms with Crippen LogP contribution in [0.1, 0.15) is 5.56 Å². The van der Waals surface area contributed by atoms with Gasteiger partial charge in [-0.1, -0.05) is 34.1 Å². The van der Waals surface area contributed by atoms with Crippen molar-refractivity contribution in [1.82, 2.24) is 10.3 Å². The molecule has 0 radical (unpaired) electrons. The predicted molar refractivity (Wildman–Crippen MR) is 101 cm³/mol. The number of nitrogens with zero attached hydrogens (tertiary/aromatic N) is 3. The van der Waals surface area contributed by atoms with E-state index in [1.807, 2.05) is 5.32 Å². The molecule has 0 spiro atoms. The number of hydrogen-bond donors (Lipinski definition) is 3. The van der Waals surface area contributed by atoms with Crippen LogP contribution in [0.4, 0.5) is 19.4 Å². The highest BCUT2D eigenvalue weighted by Crippen LogP contribution is 2.30. The SMILES string of the molecule is NC(=NCc1cccc(-c2cnc(N3CC(Br)C3)c(F)c2)c1F)NC(=O)O. The molecule has 7 nitrogen and oxygen atoms in total. The van der Waals surface area contributed by atoms with Crippen LogP contribution in [-0.2, 0) is 6.54 Å². The lowest BCUT2D eigenvalue weighted by molar-refractivity contribution is 0.200. The lowest BCUT2D eigenvalue weighted by Gasteiger charge is -2.37. The van der Waals surface area contributed by atoms with E-state index < -0.39 is 17.7 Å². The lowest BCUT2D eigenvalue weighted by Crippen LogP contribution is -2.48. The Kier molecular flexibility index (Phi) is 5.54. The first kappa shape index (κ1) is 19.0. The second kappa shape index (κ2) is 7.87. The van der Waals surface area contributed by atoms with Gasteiger partial charge in [-0.05, 0) is 6.07 Å². The zero-order valence-electron chi connectivity index (χ0n) is 14.0. The first-order chi connectivity index (χ1) is 12.8. The molecule has 0 bridgehead atoms. The fourth-order valence-corrected chi connectivity index (χ4v) is 3.35. The van der Waals surface area contributed by atoms with Gasteiger partial charge in [0.2, 0.25) is 0 Å². The van der Waals surface area contributed by atoms with Crippen LogP contribution in [0.5, 0.6) is 0 Å². The molecule has 1 aliphatic heterocycles. The van der Waals surface area contributed by atoms with E-state index in [1.54, 1.807) is 11.0 Å². The van der Waals surface area contributed by atoms with E-state index >= 15 is 0 Å². The number of carboxylic acid groups (broad SMARTS) is 1. The normalized spacial score (nSPS) is 14.8. The van der Waals surface area contributed by atoms with Gasteiger partial charge in [0.1, 0.15) is 5.82 Å². The third-order valence-corrected chi connectivity index (χ3v) is 4.58. The number of carbonyl (C=O) groups is 1. The van der Waals surface area contributed by atoms with Crippen molar-refractivity contribution in [3.63, 3.8) is 0 Å². The second-order valence-corrected chi connectivity index (χ2v) is 7.24. The molecule has 2 aromatic rings. The van der Waals surface area contributed by atoms with Crippen LogP contribution in [0, 0.1) is 11.6 Å². The Labute approximate surface area is 162 Å². The van der Waals surface area contributed by atoms with Crippen molar-refractivity contribution in [3.05, 3.63) is 47.7 Å². The summed E-state index contributed by atoms with van der Waals surface area (Å²) in [5.74, 6) is -1.22. The Hall–Kier alpha value is -2.75. The van der Waals surface area contributed by atoms with E-state index in [1.165, 1.54) is 24.4 Å². The number of aromatic nitrogens is 1. The molecular formula is C17H16BrF2N5O2. The van der Waals surface area contributed by atoms with Crippen LogP contribution in [0.3, 0.4) is 0 Å². The summed E-state index contributed by atoms with van der Waals surface area (Å²) in [6.07, 6.45) is 0.0618. The minimum absolute atomic E-state index is 0.166. The molecule has 0 atom stereocenters. The van der Waals surface area contributed by atoms with Crippen LogP contribution in [0.2, 0.25) is 0 Å². The molecule has 10 heteroatoms. The van der Waals surface area contributed by atoms with Crippen LogP contribution in [-0.4, -0.2) is 40.1 Å². The average Bonchev–Trinajstić information content (AvgIpc) is 2.58. The number of hydrogen-bond acceptors (Lipinski definition) is 4. The van der Waals surface area contributed by atoms with Gasteiger partial charge >= 0.3 is 6.09 Å². The summed E-state index contributed by atoms with van der Waals surface area (Å²) in [5.41, 5.74) is 6.05. The maximum Gasteiger partial charge on any atom is 0.411 e. The van der Waals surface area contributed by atoms with E-state index in [0.717, 1.165) is 0 Å². The number of guanidine groups is 1. The summed E-state index contributed by atoms with van der Waals surface area (Å²) >= 11 is 3.43. The first-order valence-corrected chi connectivity index (χ1v) is 8.89. The molecule has 4 N–H and O–H groups in total. The Bertz CT molecular complexity index is 903. The fourth-order valence-electron chi connectivity index (χ4n) is 2.65. The van der Waals surface area contributed by atoms with Gasteiger partial charge in [0.05, 0.1) is 6.54 Å². The topological polar surface area (TPSA) is 104 Å². The predicted octanol–water partition coefficient (Wildman–Crippen LogP) is 2.69. The molecule has 2 heterocycles. The fraction of sp³-hybridized carbons (Fsp3) is 0.235. The highest BCUT2D eigenvalue weighted by molar-refractivity contribution is 9.09. The highest BCUT2D eigenvalue weighted by atomic mass is 79.9. The zero-order valence-corrected chi connectivity index (χ0v) is 15.6. The van der Waals surface area contributed by atoms with Gasteiger partial charge in [-0.25, -0.2) is 23.6 Å². The zero-order chi connectivity index (χ0) is 19.6. The second-order valence-electron chi connectivity index (χ2n) is 5.94. The summed E-state index contributed by atoms with van der Waals surface area (Å²) in [6.45, 7) is 1.16. The van der Waals surface area contributed by atoms with E-state index in [-0.39, 0.29) is 29.4 Å². The standard InChI is InChI=1S/C17H16BrF2N5O2/c18-11-7-25(8-11)15-13(19)4-10(6-22-15)12-3-1-2-9(14(12)20)5-23-16(21)24-17(26)27/h1-4,6,11H,5,7-8H2,(H,26,27)(H3,21,23,24). The van der Waals surface area contributed by atoms with Gasteiger partial charge in [0, 0.05) is 40.8 Å². The Morgan fingerprint density at radius 3 is 2.81 bits per heavy atom. The summed E-state index contributed by atoms with van der Waals surface area (Å²) in [6, 6.07) is 5.84. The molecule has 1 fully saturated rings. The van der Waals surface area contributed by atoms with Crippen molar-refractivity contribution in [3.8, 4) is 11.1 Å². The summed E-state index contributed by atoms with van der Waals surface area (Å²) in [4.78, 5) is 20.5. The maximum atomic E-state index is 14.8. The molecule has 0 saturated carbocycles. The number of rotatable bonds is 4. The number of alkyl halides is 1. The van der Waals surface area contributed by atoms with Crippen LogP contribution >= 0.6 is 15.9 Å². The smallest absolute Gasteiger partial charge is 0.411 e. The van der Waals surface area contributed by atoms with Crippen molar-refractivity contribution in [2.75, 3.05) is 18.0 Å². The number of aliphatic imine (C=N–C) groups is 1. The van der Waals surface area contributed by atoms with Crippen molar-refractivity contribution >= 4 is 33.8 Å². The first-order valence-electron chi connectivity index (χ1n) is 7.97. The van der Waals surface area contributed by atoms with E-state index in [2.05, 4.69) is 25.9 Å². The number of halogens is 3. The molecule has 1 saturated heterocycles. The lowest BCUT2D eigenvalue weighted by atomic mass is 10.0. The van der Waals surface area contributed by atoms with Crippen molar-refractivity contribution in [2.24, 2.45) is 10.7 Å². The average molecular weight is 440 g/mol. The minimum atomic E-state index is -1.36. The quantitative estimate of drug-likeness (QED) is 0.386. The molecule has 0 aliphatic carbocycles. The molecule has 142 valence electrons. The molecule has 1 aliphatic rings. The molecule has 27 heavy (non-hydrogen) atoms. The third kappa shape index (κ3) is 4.33. The number of anilines is 1.